The lowest BCUT2D eigenvalue weighted by Gasteiger charge is -2.28. The Morgan fingerprint density at radius 1 is 1.36 bits per heavy atom. The smallest absolute Gasteiger partial charge is 0.223 e. The number of amides is 1. The van der Waals surface area contributed by atoms with E-state index in [0.717, 1.165) is 12.8 Å². The van der Waals surface area contributed by atoms with E-state index in [0.29, 0.717) is 0 Å². The molecule has 4 heteroatoms. The van der Waals surface area contributed by atoms with Crippen molar-refractivity contribution in [1.82, 2.24) is 5.32 Å². The number of carbonyl (C=O) groups is 1. The normalized spacial score (nSPS) is 19.1. The van der Waals surface area contributed by atoms with Crippen molar-refractivity contribution in [1.29, 1.82) is 0 Å². The summed E-state index contributed by atoms with van der Waals surface area (Å²) in [6.07, 6.45) is 2.84. The summed E-state index contributed by atoms with van der Waals surface area (Å²) in [5.41, 5.74) is 0. The van der Waals surface area contributed by atoms with Gasteiger partial charge in [-0.15, -0.1) is 0 Å². The van der Waals surface area contributed by atoms with Crippen molar-refractivity contribution in [2.45, 2.75) is 38.5 Å². The average Bonchev–Trinajstić information content (AvgIpc) is 2.02. The van der Waals surface area contributed by atoms with E-state index in [-0.39, 0.29) is 24.2 Å². The molecule has 1 N–H and O–H groups in total. The van der Waals surface area contributed by atoms with Crippen molar-refractivity contribution in [3.8, 4) is 0 Å². The molecule has 0 bridgehead atoms. The number of ether oxygens (including phenoxy) is 2. The zero-order valence-electron chi connectivity index (χ0n) is 9.08. The number of hydrogen-bond donors (Lipinski definition) is 1. The zero-order valence-corrected chi connectivity index (χ0v) is 9.08. The summed E-state index contributed by atoms with van der Waals surface area (Å²) in [5.74, 6) is 0.342. The van der Waals surface area contributed by atoms with E-state index in [2.05, 4.69) is 5.32 Å². The Hall–Kier alpha value is -0.610. The van der Waals surface area contributed by atoms with Crippen LogP contribution in [0.25, 0.3) is 0 Å². The molecule has 0 spiro atoms. The van der Waals surface area contributed by atoms with Crippen molar-refractivity contribution in [3.63, 3.8) is 0 Å². The minimum atomic E-state index is -0.362. The van der Waals surface area contributed by atoms with Crippen LogP contribution in [0.3, 0.4) is 0 Å². The first-order valence-corrected chi connectivity index (χ1v) is 5.05. The van der Waals surface area contributed by atoms with Crippen LogP contribution in [-0.4, -0.2) is 32.5 Å². The minimum Gasteiger partial charge on any atom is -0.354 e. The fourth-order valence-electron chi connectivity index (χ4n) is 1.59. The first-order valence-electron chi connectivity index (χ1n) is 5.05. The van der Waals surface area contributed by atoms with Gasteiger partial charge < -0.3 is 14.8 Å². The first-order chi connectivity index (χ1) is 6.69. The molecule has 1 aliphatic carbocycles. The first kappa shape index (κ1) is 11.5. The third-order valence-corrected chi connectivity index (χ3v) is 2.72. The summed E-state index contributed by atoms with van der Waals surface area (Å²) in [4.78, 5) is 11.5. The van der Waals surface area contributed by atoms with Gasteiger partial charge in [0, 0.05) is 20.1 Å². The minimum absolute atomic E-state index is 0.0990. The fraction of sp³-hybridized carbons (Fsp3) is 0.900. The Kier molecular flexibility index (Phi) is 4.35. The highest BCUT2D eigenvalue weighted by atomic mass is 16.7. The van der Waals surface area contributed by atoms with Crippen LogP contribution in [0, 0.1) is 5.92 Å². The van der Waals surface area contributed by atoms with Crippen LogP contribution < -0.4 is 5.32 Å². The molecule has 1 unspecified atom stereocenters. The SMILES string of the molecule is COC(OC)C(C)NC(=O)C1CCC1. The predicted octanol–water partition coefficient (Wildman–Crippen LogP) is 0.910. The summed E-state index contributed by atoms with van der Waals surface area (Å²) < 4.78 is 10.1. The van der Waals surface area contributed by atoms with Gasteiger partial charge >= 0.3 is 0 Å². The van der Waals surface area contributed by atoms with Gasteiger partial charge in [-0.2, -0.15) is 0 Å². The van der Waals surface area contributed by atoms with Gasteiger partial charge in [0.05, 0.1) is 6.04 Å². The third-order valence-electron chi connectivity index (χ3n) is 2.72. The molecule has 1 saturated carbocycles. The van der Waals surface area contributed by atoms with Gasteiger partial charge in [-0.05, 0) is 19.8 Å². The second-order valence-corrected chi connectivity index (χ2v) is 3.76. The number of rotatable bonds is 5. The molecule has 1 rings (SSSR count). The predicted molar refractivity (Wildman–Crippen MR) is 52.8 cm³/mol. The lowest BCUT2D eigenvalue weighted by atomic mass is 9.84. The van der Waals surface area contributed by atoms with E-state index in [1.807, 2.05) is 6.92 Å². The second kappa shape index (κ2) is 5.32. The molecule has 0 aromatic heterocycles. The molecule has 1 amide bonds. The van der Waals surface area contributed by atoms with Gasteiger partial charge in [0.15, 0.2) is 6.29 Å². The summed E-state index contributed by atoms with van der Waals surface area (Å²) >= 11 is 0. The molecule has 0 aromatic rings. The molecule has 14 heavy (non-hydrogen) atoms. The van der Waals surface area contributed by atoms with Crippen LogP contribution in [0.15, 0.2) is 0 Å². The zero-order chi connectivity index (χ0) is 10.6. The van der Waals surface area contributed by atoms with Gasteiger partial charge in [0.2, 0.25) is 5.91 Å². The van der Waals surface area contributed by atoms with Gasteiger partial charge in [-0.1, -0.05) is 6.42 Å². The number of methoxy groups -OCH3 is 2. The molecule has 0 heterocycles. The summed E-state index contributed by atoms with van der Waals surface area (Å²) in [5, 5.41) is 2.89. The van der Waals surface area contributed by atoms with Crippen LogP contribution in [-0.2, 0) is 14.3 Å². The lowest BCUT2D eigenvalue weighted by molar-refractivity contribution is -0.140. The summed E-state index contributed by atoms with van der Waals surface area (Å²) in [6, 6.07) is -0.0990. The molecule has 1 atom stereocenters. The molecule has 0 saturated heterocycles. The average molecular weight is 201 g/mol. The molecule has 0 aliphatic heterocycles. The highest BCUT2D eigenvalue weighted by Gasteiger charge is 2.27. The topological polar surface area (TPSA) is 47.6 Å². The van der Waals surface area contributed by atoms with Gasteiger partial charge in [-0.25, -0.2) is 0 Å². The van der Waals surface area contributed by atoms with Crippen LogP contribution in [0.1, 0.15) is 26.2 Å². The Balaban J connectivity index is 2.30. The molecular formula is C10H19NO3. The van der Waals surface area contributed by atoms with Crippen LogP contribution in [0.4, 0.5) is 0 Å². The highest BCUT2D eigenvalue weighted by Crippen LogP contribution is 2.26. The molecule has 0 aromatic carbocycles. The third kappa shape index (κ3) is 2.69. The highest BCUT2D eigenvalue weighted by molar-refractivity contribution is 5.79. The molecule has 1 fully saturated rings. The van der Waals surface area contributed by atoms with E-state index < -0.39 is 0 Å². The standard InChI is InChI=1S/C10H19NO3/c1-7(10(13-2)14-3)11-9(12)8-5-4-6-8/h7-8,10H,4-6H2,1-3H3,(H,11,12). The lowest BCUT2D eigenvalue weighted by Crippen LogP contribution is -2.46. The Labute approximate surface area is 85.0 Å². The Morgan fingerprint density at radius 3 is 2.29 bits per heavy atom. The maximum absolute atomic E-state index is 11.5. The molecule has 0 radical (unpaired) electrons. The fourth-order valence-corrected chi connectivity index (χ4v) is 1.59. The summed E-state index contributed by atoms with van der Waals surface area (Å²) in [7, 11) is 3.14. The van der Waals surface area contributed by atoms with Crippen molar-refractivity contribution >= 4 is 5.91 Å². The summed E-state index contributed by atoms with van der Waals surface area (Å²) in [6.45, 7) is 1.88. The molecule has 4 nitrogen and oxygen atoms in total. The van der Waals surface area contributed by atoms with Gasteiger partial charge in [0.1, 0.15) is 0 Å². The van der Waals surface area contributed by atoms with Crippen molar-refractivity contribution in [2.75, 3.05) is 14.2 Å². The molecular weight excluding hydrogens is 182 g/mol. The van der Waals surface area contributed by atoms with Crippen LogP contribution in [0.5, 0.6) is 0 Å². The van der Waals surface area contributed by atoms with E-state index >= 15 is 0 Å². The van der Waals surface area contributed by atoms with Gasteiger partial charge in [0.25, 0.3) is 0 Å². The number of nitrogens with one attached hydrogen (secondary N) is 1. The monoisotopic (exact) mass is 201 g/mol. The van der Waals surface area contributed by atoms with Crippen LogP contribution >= 0.6 is 0 Å². The van der Waals surface area contributed by atoms with Gasteiger partial charge in [-0.3, -0.25) is 4.79 Å². The number of carbonyl (C=O) groups excluding carboxylic acids is 1. The maximum atomic E-state index is 11.5. The van der Waals surface area contributed by atoms with Crippen molar-refractivity contribution in [2.24, 2.45) is 5.92 Å². The maximum Gasteiger partial charge on any atom is 0.223 e. The largest absolute Gasteiger partial charge is 0.354 e. The number of hydrogen-bond acceptors (Lipinski definition) is 3. The second-order valence-electron chi connectivity index (χ2n) is 3.76. The van der Waals surface area contributed by atoms with Crippen molar-refractivity contribution in [3.05, 3.63) is 0 Å². The Morgan fingerprint density at radius 2 is 1.93 bits per heavy atom. The quantitative estimate of drug-likeness (QED) is 0.672. The van der Waals surface area contributed by atoms with E-state index in [9.17, 15) is 4.79 Å². The molecule has 1 aliphatic rings. The Bertz CT molecular complexity index is 188. The van der Waals surface area contributed by atoms with E-state index in [1.54, 1.807) is 14.2 Å². The van der Waals surface area contributed by atoms with Crippen LogP contribution in [0.2, 0.25) is 0 Å². The molecule has 82 valence electrons. The van der Waals surface area contributed by atoms with E-state index in [4.69, 9.17) is 9.47 Å². The van der Waals surface area contributed by atoms with Crippen molar-refractivity contribution < 1.29 is 14.3 Å². The van der Waals surface area contributed by atoms with E-state index in [1.165, 1.54) is 6.42 Å².